The molecule has 0 aromatic heterocycles. The van der Waals surface area contributed by atoms with Crippen LogP contribution >= 0.6 is 0 Å². The number of carbonyl (C=O) groups excluding carboxylic acids is 1. The van der Waals surface area contributed by atoms with Crippen LogP contribution in [0.25, 0.3) is 0 Å². The molecule has 2 saturated heterocycles. The Morgan fingerprint density at radius 2 is 1.95 bits per heavy atom. The minimum atomic E-state index is 0.110. The van der Waals surface area contributed by atoms with E-state index in [1.165, 1.54) is 25.7 Å². The second-order valence-corrected chi connectivity index (χ2v) is 7.36. The van der Waals surface area contributed by atoms with Crippen LogP contribution in [0.3, 0.4) is 0 Å². The largest absolute Gasteiger partial charge is 0.385 e. The number of ether oxygens (including phenoxy) is 1. The molecular weight excluding hydrogens is 252 g/mol. The summed E-state index contributed by atoms with van der Waals surface area (Å²) < 4.78 is 5.12. The van der Waals surface area contributed by atoms with Gasteiger partial charge in [0.1, 0.15) is 0 Å². The molecule has 0 aromatic rings. The minimum Gasteiger partial charge on any atom is -0.385 e. The number of hydrogen-bond donors (Lipinski definition) is 2. The highest BCUT2D eigenvalue weighted by atomic mass is 16.5. The van der Waals surface area contributed by atoms with Gasteiger partial charge >= 0.3 is 0 Å². The summed E-state index contributed by atoms with van der Waals surface area (Å²) in [5, 5.41) is 6.74. The van der Waals surface area contributed by atoms with Gasteiger partial charge in [-0.05, 0) is 43.4 Å². The molecule has 1 amide bonds. The molecule has 2 N–H and O–H groups in total. The third-order valence-electron chi connectivity index (χ3n) is 4.79. The molecule has 4 heteroatoms. The second kappa shape index (κ2) is 6.90. The smallest absolute Gasteiger partial charge is 0.220 e. The fourth-order valence-corrected chi connectivity index (χ4v) is 3.48. The summed E-state index contributed by atoms with van der Waals surface area (Å²) in [6.07, 6.45) is 6.63. The van der Waals surface area contributed by atoms with Crippen molar-refractivity contribution < 1.29 is 9.53 Å². The van der Waals surface area contributed by atoms with Crippen LogP contribution in [0.5, 0.6) is 0 Å². The molecule has 0 aromatic carbocycles. The number of carbonyl (C=O) groups is 1. The Morgan fingerprint density at radius 1 is 1.30 bits per heavy atom. The molecule has 2 rings (SSSR count). The van der Waals surface area contributed by atoms with Crippen molar-refractivity contribution >= 4 is 5.91 Å². The Labute approximate surface area is 123 Å². The van der Waals surface area contributed by atoms with E-state index >= 15 is 0 Å². The second-order valence-electron chi connectivity index (χ2n) is 7.36. The van der Waals surface area contributed by atoms with Gasteiger partial charge in [0.15, 0.2) is 0 Å². The first-order chi connectivity index (χ1) is 9.48. The molecular formula is C16H30N2O2. The average Bonchev–Trinajstić information content (AvgIpc) is 2.74. The van der Waals surface area contributed by atoms with E-state index in [0.717, 1.165) is 19.6 Å². The quantitative estimate of drug-likeness (QED) is 0.752. The predicted molar refractivity (Wildman–Crippen MR) is 80.6 cm³/mol. The van der Waals surface area contributed by atoms with Gasteiger partial charge in [-0.15, -0.1) is 0 Å². The van der Waals surface area contributed by atoms with Gasteiger partial charge in [-0.2, -0.15) is 0 Å². The molecule has 2 fully saturated rings. The fourth-order valence-electron chi connectivity index (χ4n) is 3.48. The number of fused-ring (bicyclic) bond motifs is 2. The summed E-state index contributed by atoms with van der Waals surface area (Å²) >= 11 is 0. The molecule has 2 bridgehead atoms. The lowest BCUT2D eigenvalue weighted by Gasteiger charge is -2.29. The van der Waals surface area contributed by atoms with Gasteiger partial charge in [0.2, 0.25) is 5.91 Å². The Hall–Kier alpha value is -0.610. The summed E-state index contributed by atoms with van der Waals surface area (Å²) in [6.45, 7) is 5.85. The molecule has 2 atom stereocenters. The van der Waals surface area contributed by atoms with Crippen LogP contribution in [0.1, 0.15) is 52.4 Å². The van der Waals surface area contributed by atoms with Crippen LogP contribution in [0.4, 0.5) is 0 Å². The number of nitrogens with one attached hydrogen (secondary N) is 2. The Balaban J connectivity index is 1.67. The van der Waals surface area contributed by atoms with Gasteiger partial charge in [0.05, 0.1) is 0 Å². The summed E-state index contributed by atoms with van der Waals surface area (Å²) in [6, 6.07) is 1.34. The standard InChI is InChI=1S/C16H30N2O2/c1-16(2,6-7-20-3)11-17-15(19)10-12-8-13-4-5-14(9-12)18-13/h12-14,18H,4-11H2,1-3H3,(H,17,19). The van der Waals surface area contributed by atoms with Crippen LogP contribution in [-0.2, 0) is 9.53 Å². The van der Waals surface area contributed by atoms with Crippen molar-refractivity contribution in [3.05, 3.63) is 0 Å². The van der Waals surface area contributed by atoms with Crippen molar-refractivity contribution in [3.63, 3.8) is 0 Å². The predicted octanol–water partition coefficient (Wildman–Crippen LogP) is 2.09. The van der Waals surface area contributed by atoms with Gasteiger partial charge in [0.25, 0.3) is 0 Å². The van der Waals surface area contributed by atoms with Crippen LogP contribution < -0.4 is 10.6 Å². The normalized spacial score (nSPS) is 29.4. The van der Waals surface area contributed by atoms with Gasteiger partial charge in [0, 0.05) is 38.8 Å². The number of piperidine rings is 1. The zero-order valence-electron chi connectivity index (χ0n) is 13.2. The van der Waals surface area contributed by atoms with Crippen molar-refractivity contribution in [3.8, 4) is 0 Å². The summed E-state index contributed by atoms with van der Waals surface area (Å²) in [5.41, 5.74) is 0.110. The van der Waals surface area contributed by atoms with E-state index < -0.39 is 0 Å². The van der Waals surface area contributed by atoms with E-state index in [2.05, 4.69) is 24.5 Å². The molecule has 2 heterocycles. The van der Waals surface area contributed by atoms with E-state index in [0.29, 0.717) is 24.4 Å². The Kier molecular flexibility index (Phi) is 5.44. The Morgan fingerprint density at radius 3 is 2.55 bits per heavy atom. The molecule has 0 saturated carbocycles. The number of hydrogen-bond acceptors (Lipinski definition) is 3. The summed E-state index contributed by atoms with van der Waals surface area (Å²) in [7, 11) is 1.72. The van der Waals surface area contributed by atoms with E-state index in [9.17, 15) is 4.79 Å². The highest BCUT2D eigenvalue weighted by Gasteiger charge is 2.34. The van der Waals surface area contributed by atoms with Gasteiger partial charge in [-0.1, -0.05) is 13.8 Å². The lowest BCUT2D eigenvalue weighted by Crippen LogP contribution is -2.41. The highest BCUT2D eigenvalue weighted by Crippen LogP contribution is 2.32. The van der Waals surface area contributed by atoms with Crippen molar-refractivity contribution in [2.75, 3.05) is 20.3 Å². The molecule has 2 aliphatic heterocycles. The molecule has 0 spiro atoms. The molecule has 2 aliphatic rings. The van der Waals surface area contributed by atoms with Gasteiger partial charge < -0.3 is 15.4 Å². The number of amides is 1. The maximum absolute atomic E-state index is 12.1. The van der Waals surface area contributed by atoms with Crippen molar-refractivity contribution in [1.29, 1.82) is 0 Å². The lowest BCUT2D eigenvalue weighted by atomic mass is 9.88. The molecule has 4 nitrogen and oxygen atoms in total. The van der Waals surface area contributed by atoms with Crippen molar-refractivity contribution in [1.82, 2.24) is 10.6 Å². The Bertz CT molecular complexity index is 318. The van der Waals surface area contributed by atoms with Crippen molar-refractivity contribution in [2.24, 2.45) is 11.3 Å². The SMILES string of the molecule is COCCC(C)(C)CNC(=O)CC1CC2CCC(C1)N2. The van der Waals surface area contributed by atoms with Crippen LogP contribution in [-0.4, -0.2) is 38.3 Å². The summed E-state index contributed by atoms with van der Waals surface area (Å²) in [4.78, 5) is 12.1. The average molecular weight is 282 g/mol. The van der Waals surface area contributed by atoms with Gasteiger partial charge in [-0.3, -0.25) is 4.79 Å². The topological polar surface area (TPSA) is 50.4 Å². The summed E-state index contributed by atoms with van der Waals surface area (Å²) in [5.74, 6) is 0.803. The maximum atomic E-state index is 12.1. The lowest BCUT2D eigenvalue weighted by molar-refractivity contribution is -0.122. The fraction of sp³-hybridized carbons (Fsp3) is 0.938. The first-order valence-corrected chi connectivity index (χ1v) is 8.00. The van der Waals surface area contributed by atoms with Crippen LogP contribution in [0, 0.1) is 11.3 Å². The molecule has 116 valence electrons. The van der Waals surface area contributed by atoms with E-state index in [1.807, 2.05) is 0 Å². The van der Waals surface area contributed by atoms with Gasteiger partial charge in [-0.25, -0.2) is 0 Å². The van der Waals surface area contributed by atoms with E-state index in [-0.39, 0.29) is 11.3 Å². The zero-order valence-corrected chi connectivity index (χ0v) is 13.2. The van der Waals surface area contributed by atoms with E-state index in [4.69, 9.17) is 4.74 Å². The van der Waals surface area contributed by atoms with Crippen molar-refractivity contribution in [2.45, 2.75) is 64.5 Å². The molecule has 2 unspecified atom stereocenters. The number of rotatable bonds is 7. The monoisotopic (exact) mass is 282 g/mol. The molecule has 0 aliphatic carbocycles. The first kappa shape index (κ1) is 15.8. The highest BCUT2D eigenvalue weighted by molar-refractivity contribution is 5.76. The molecule has 0 radical (unpaired) electrons. The van der Waals surface area contributed by atoms with E-state index in [1.54, 1.807) is 7.11 Å². The third kappa shape index (κ3) is 4.74. The maximum Gasteiger partial charge on any atom is 0.220 e. The first-order valence-electron chi connectivity index (χ1n) is 8.00. The molecule has 20 heavy (non-hydrogen) atoms. The van der Waals surface area contributed by atoms with Crippen LogP contribution in [0.2, 0.25) is 0 Å². The van der Waals surface area contributed by atoms with Crippen LogP contribution in [0.15, 0.2) is 0 Å². The number of methoxy groups -OCH3 is 1. The zero-order chi connectivity index (χ0) is 14.6. The minimum absolute atomic E-state index is 0.110. The third-order valence-corrected chi connectivity index (χ3v) is 4.79.